The minimum absolute atomic E-state index is 0.0677. The molecule has 0 saturated heterocycles. The van der Waals surface area contributed by atoms with Gasteiger partial charge in [0.25, 0.3) is 5.91 Å². The third-order valence-electron chi connectivity index (χ3n) is 5.14. The lowest BCUT2D eigenvalue weighted by molar-refractivity contribution is 0.0985. The van der Waals surface area contributed by atoms with E-state index in [4.69, 9.17) is 16.6 Å². The molecule has 0 aliphatic heterocycles. The van der Waals surface area contributed by atoms with Crippen LogP contribution in [0.1, 0.15) is 36.2 Å². The zero-order valence-electron chi connectivity index (χ0n) is 17.8. The monoisotopic (exact) mass is 441 g/mol. The minimum atomic E-state index is -0.0677. The van der Waals surface area contributed by atoms with E-state index in [1.165, 1.54) is 16.9 Å². The van der Waals surface area contributed by atoms with Crippen LogP contribution in [-0.2, 0) is 0 Å². The molecule has 0 unspecified atom stereocenters. The molecule has 6 heteroatoms. The first-order valence-corrected chi connectivity index (χ1v) is 11.6. The molecule has 0 fully saturated rings. The molecular formula is C24H28ClN3OS. The molecule has 2 aromatic carbocycles. The number of aromatic nitrogens is 1. The van der Waals surface area contributed by atoms with E-state index >= 15 is 0 Å². The first kappa shape index (κ1) is 22.5. The van der Waals surface area contributed by atoms with E-state index in [0.29, 0.717) is 17.1 Å². The molecule has 0 aliphatic rings. The lowest BCUT2D eigenvalue weighted by Crippen LogP contribution is -2.34. The Labute approximate surface area is 188 Å². The van der Waals surface area contributed by atoms with E-state index in [2.05, 4.69) is 49.9 Å². The van der Waals surface area contributed by atoms with Crippen molar-refractivity contribution in [2.45, 2.75) is 27.2 Å². The maximum absolute atomic E-state index is 13.3. The molecule has 1 amide bonds. The summed E-state index contributed by atoms with van der Waals surface area (Å²) >= 11 is 7.63. The summed E-state index contributed by atoms with van der Waals surface area (Å²) in [5.41, 5.74) is 3.74. The average molecular weight is 442 g/mol. The zero-order valence-corrected chi connectivity index (χ0v) is 19.3. The molecule has 0 saturated carbocycles. The van der Waals surface area contributed by atoms with Crippen molar-refractivity contribution in [2.75, 3.05) is 31.1 Å². The molecule has 4 nitrogen and oxygen atoms in total. The number of aryl methyl sites for hydroxylation is 1. The second kappa shape index (κ2) is 10.7. The first-order chi connectivity index (χ1) is 14.5. The number of hydrogen-bond acceptors (Lipinski definition) is 4. The van der Waals surface area contributed by atoms with Crippen LogP contribution in [0.4, 0.5) is 5.13 Å². The fourth-order valence-corrected chi connectivity index (χ4v) is 4.35. The van der Waals surface area contributed by atoms with Gasteiger partial charge in [-0.05, 0) is 51.2 Å². The van der Waals surface area contributed by atoms with Gasteiger partial charge in [-0.2, -0.15) is 0 Å². The van der Waals surface area contributed by atoms with Gasteiger partial charge in [0.05, 0.1) is 5.69 Å². The SMILES string of the molecule is CCN(CC)CCCN(C(=O)c1cccc(Cl)c1)c1nc(-c2ccc(C)cc2)cs1. The Morgan fingerprint density at radius 2 is 1.80 bits per heavy atom. The summed E-state index contributed by atoms with van der Waals surface area (Å²) in [6.07, 6.45) is 0.882. The van der Waals surface area contributed by atoms with Gasteiger partial charge in [0.2, 0.25) is 0 Å². The van der Waals surface area contributed by atoms with E-state index in [1.54, 1.807) is 23.1 Å². The fourth-order valence-electron chi connectivity index (χ4n) is 3.30. The molecule has 0 radical (unpaired) electrons. The van der Waals surface area contributed by atoms with E-state index in [9.17, 15) is 4.79 Å². The van der Waals surface area contributed by atoms with Crippen molar-refractivity contribution in [1.82, 2.24) is 9.88 Å². The Kier molecular flexibility index (Phi) is 8.02. The van der Waals surface area contributed by atoms with Gasteiger partial charge in [0.1, 0.15) is 0 Å². The third-order valence-corrected chi connectivity index (χ3v) is 6.24. The van der Waals surface area contributed by atoms with E-state index in [-0.39, 0.29) is 5.91 Å². The van der Waals surface area contributed by atoms with Gasteiger partial charge in [-0.25, -0.2) is 4.98 Å². The summed E-state index contributed by atoms with van der Waals surface area (Å²) in [4.78, 5) is 22.3. The summed E-state index contributed by atoms with van der Waals surface area (Å²) < 4.78 is 0. The molecule has 3 aromatic rings. The van der Waals surface area contributed by atoms with Crippen molar-refractivity contribution in [3.05, 3.63) is 70.1 Å². The maximum Gasteiger partial charge on any atom is 0.260 e. The lowest BCUT2D eigenvalue weighted by atomic mass is 10.1. The van der Waals surface area contributed by atoms with Crippen LogP contribution in [0.2, 0.25) is 5.02 Å². The second-order valence-corrected chi connectivity index (χ2v) is 8.50. The zero-order chi connectivity index (χ0) is 21.5. The van der Waals surface area contributed by atoms with Gasteiger partial charge in [-0.1, -0.05) is 61.3 Å². The number of thiazole rings is 1. The number of benzene rings is 2. The van der Waals surface area contributed by atoms with Gasteiger partial charge in [-0.3, -0.25) is 9.69 Å². The molecule has 0 atom stereocenters. The van der Waals surface area contributed by atoms with Crippen LogP contribution in [0.5, 0.6) is 0 Å². The van der Waals surface area contributed by atoms with Crippen molar-refractivity contribution in [2.24, 2.45) is 0 Å². The highest BCUT2D eigenvalue weighted by atomic mass is 35.5. The minimum Gasteiger partial charge on any atom is -0.304 e. The molecule has 158 valence electrons. The van der Waals surface area contributed by atoms with Gasteiger partial charge in [0.15, 0.2) is 5.13 Å². The molecule has 0 aliphatic carbocycles. The Morgan fingerprint density at radius 1 is 1.07 bits per heavy atom. The number of rotatable bonds is 9. The topological polar surface area (TPSA) is 36.4 Å². The largest absolute Gasteiger partial charge is 0.304 e. The van der Waals surface area contributed by atoms with E-state index in [0.717, 1.165) is 42.4 Å². The summed E-state index contributed by atoms with van der Waals surface area (Å²) in [6.45, 7) is 9.96. The number of carbonyl (C=O) groups is 1. The van der Waals surface area contributed by atoms with Crippen LogP contribution in [-0.4, -0.2) is 42.0 Å². The van der Waals surface area contributed by atoms with Crippen LogP contribution in [0.15, 0.2) is 53.9 Å². The molecule has 0 N–H and O–H groups in total. The van der Waals surface area contributed by atoms with Crippen molar-refractivity contribution in [3.63, 3.8) is 0 Å². The smallest absolute Gasteiger partial charge is 0.260 e. The molecule has 1 aromatic heterocycles. The van der Waals surface area contributed by atoms with Crippen LogP contribution in [0, 0.1) is 6.92 Å². The number of hydrogen-bond donors (Lipinski definition) is 0. The molecule has 30 heavy (non-hydrogen) atoms. The standard InChI is InChI=1S/C24H28ClN3OS/c1-4-27(5-2)14-7-15-28(23(29)20-8-6-9-21(25)16-20)24-26-22(17-30-24)19-12-10-18(3)11-13-19/h6,8-13,16-17H,4-5,7,14-15H2,1-3H3. The third kappa shape index (κ3) is 5.69. The predicted molar refractivity (Wildman–Crippen MR) is 128 cm³/mol. The average Bonchev–Trinajstić information content (AvgIpc) is 3.24. The van der Waals surface area contributed by atoms with E-state index < -0.39 is 0 Å². The van der Waals surface area contributed by atoms with Crippen molar-refractivity contribution in [3.8, 4) is 11.3 Å². The molecule has 1 heterocycles. The van der Waals surface area contributed by atoms with Gasteiger partial charge in [-0.15, -0.1) is 11.3 Å². The number of halogens is 1. The quantitative estimate of drug-likeness (QED) is 0.399. The Hall–Kier alpha value is -2.21. The van der Waals surface area contributed by atoms with Crippen molar-refractivity contribution in [1.29, 1.82) is 0 Å². The summed E-state index contributed by atoms with van der Waals surface area (Å²) in [6, 6.07) is 15.4. The molecule has 3 rings (SSSR count). The highest BCUT2D eigenvalue weighted by Crippen LogP contribution is 2.29. The number of nitrogens with zero attached hydrogens (tertiary/aromatic N) is 3. The predicted octanol–water partition coefficient (Wildman–Crippen LogP) is 6.15. The van der Waals surface area contributed by atoms with E-state index in [1.807, 2.05) is 11.4 Å². The van der Waals surface area contributed by atoms with Crippen molar-refractivity contribution >= 4 is 34.0 Å². The Balaban J connectivity index is 1.85. The number of carbonyl (C=O) groups excluding carboxylic acids is 1. The molecular weight excluding hydrogens is 414 g/mol. The summed E-state index contributed by atoms with van der Waals surface area (Å²) in [7, 11) is 0. The Bertz CT molecular complexity index is 967. The van der Waals surface area contributed by atoms with Crippen LogP contribution < -0.4 is 4.90 Å². The second-order valence-electron chi connectivity index (χ2n) is 7.23. The van der Waals surface area contributed by atoms with Crippen LogP contribution >= 0.6 is 22.9 Å². The van der Waals surface area contributed by atoms with Gasteiger partial charge >= 0.3 is 0 Å². The highest BCUT2D eigenvalue weighted by molar-refractivity contribution is 7.14. The first-order valence-electron chi connectivity index (χ1n) is 10.3. The fraction of sp³-hybridized carbons (Fsp3) is 0.333. The summed E-state index contributed by atoms with van der Waals surface area (Å²) in [5.74, 6) is -0.0677. The molecule has 0 spiro atoms. The lowest BCUT2D eigenvalue weighted by Gasteiger charge is -2.23. The normalized spacial score (nSPS) is 11.1. The number of amides is 1. The molecule has 0 bridgehead atoms. The highest BCUT2D eigenvalue weighted by Gasteiger charge is 2.21. The van der Waals surface area contributed by atoms with Crippen molar-refractivity contribution < 1.29 is 4.79 Å². The maximum atomic E-state index is 13.3. The van der Waals surface area contributed by atoms with Crippen LogP contribution in [0.3, 0.4) is 0 Å². The van der Waals surface area contributed by atoms with Gasteiger partial charge in [0, 0.05) is 28.1 Å². The van der Waals surface area contributed by atoms with Crippen LogP contribution in [0.25, 0.3) is 11.3 Å². The number of anilines is 1. The Morgan fingerprint density at radius 3 is 2.47 bits per heavy atom. The summed E-state index contributed by atoms with van der Waals surface area (Å²) in [5, 5.41) is 3.29. The van der Waals surface area contributed by atoms with Gasteiger partial charge < -0.3 is 4.90 Å².